The van der Waals surface area contributed by atoms with Crippen molar-refractivity contribution in [2.45, 2.75) is 33.2 Å². The van der Waals surface area contributed by atoms with Gasteiger partial charge >= 0.3 is 0 Å². The summed E-state index contributed by atoms with van der Waals surface area (Å²) < 4.78 is 17.3. The Morgan fingerprint density at radius 3 is 2.47 bits per heavy atom. The molecule has 0 bridgehead atoms. The quantitative estimate of drug-likeness (QED) is 0.554. The maximum absolute atomic E-state index is 13.8. The molecule has 1 aromatic heterocycles. The summed E-state index contributed by atoms with van der Waals surface area (Å²) in [5, 5.41) is 0.497. The normalized spacial score (nSPS) is 15.3. The molecule has 0 aliphatic carbocycles. The SMILES string of the molecule is CCOc1ccc([C@@H]2c3c(oc4cc(C)c(C)cc4c3=O)C(=O)N2CCC[NH+](C)C)cc1OC. The molecule has 4 rings (SSSR count). The molecule has 2 aromatic carbocycles. The molecule has 1 aliphatic heterocycles. The Balaban J connectivity index is 1.90. The van der Waals surface area contributed by atoms with Gasteiger partial charge in [0.15, 0.2) is 16.9 Å². The third-order valence-electron chi connectivity index (χ3n) is 6.46. The summed E-state index contributed by atoms with van der Waals surface area (Å²) in [5.74, 6) is 1.07. The van der Waals surface area contributed by atoms with Crippen LogP contribution in [-0.4, -0.2) is 51.7 Å². The maximum atomic E-state index is 13.8. The molecule has 7 nitrogen and oxygen atoms in total. The van der Waals surface area contributed by atoms with Crippen LogP contribution in [0.4, 0.5) is 0 Å². The Bertz CT molecular complexity index is 1290. The van der Waals surface area contributed by atoms with Gasteiger partial charge in [0.25, 0.3) is 5.91 Å². The topological polar surface area (TPSA) is 73.4 Å². The number of fused-ring (bicyclic) bond motifs is 2. The standard InChI is InChI=1S/C27H32N2O5/c1-7-33-20-10-9-18(15-22(20)32-6)24-23-25(30)19-13-16(2)17(3)14-21(19)34-26(23)27(31)29(24)12-8-11-28(4)5/h9-10,13-15,24H,7-8,11-12H2,1-6H3/p+1/t24-/m1/s1. The highest BCUT2D eigenvalue weighted by Crippen LogP contribution is 2.41. The van der Waals surface area contributed by atoms with Crippen LogP contribution in [0.5, 0.6) is 11.5 Å². The van der Waals surface area contributed by atoms with E-state index >= 15 is 0 Å². The number of hydrogen-bond donors (Lipinski definition) is 1. The first kappa shape index (κ1) is 23.8. The van der Waals surface area contributed by atoms with E-state index in [9.17, 15) is 9.59 Å². The van der Waals surface area contributed by atoms with Gasteiger partial charge in [-0.25, -0.2) is 0 Å². The summed E-state index contributed by atoms with van der Waals surface area (Å²) in [6.45, 7) is 7.77. The number of carbonyl (C=O) groups is 1. The lowest BCUT2D eigenvalue weighted by Crippen LogP contribution is -3.05. The fraction of sp³-hybridized carbons (Fsp3) is 0.407. The Labute approximate surface area is 199 Å². The van der Waals surface area contributed by atoms with Crippen molar-refractivity contribution < 1.29 is 23.6 Å². The third kappa shape index (κ3) is 4.16. The number of aryl methyl sites for hydroxylation is 2. The first-order chi connectivity index (χ1) is 16.3. The highest BCUT2D eigenvalue weighted by Gasteiger charge is 2.42. The number of benzene rings is 2. The zero-order valence-corrected chi connectivity index (χ0v) is 20.8. The second-order valence-corrected chi connectivity index (χ2v) is 9.16. The highest BCUT2D eigenvalue weighted by atomic mass is 16.5. The molecule has 3 aromatic rings. The van der Waals surface area contributed by atoms with Gasteiger partial charge < -0.3 is 23.7 Å². The van der Waals surface area contributed by atoms with E-state index in [-0.39, 0.29) is 17.1 Å². The molecule has 0 saturated heterocycles. The Morgan fingerprint density at radius 1 is 1.06 bits per heavy atom. The minimum absolute atomic E-state index is 0.135. The lowest BCUT2D eigenvalue weighted by Gasteiger charge is -2.26. The summed E-state index contributed by atoms with van der Waals surface area (Å²) in [7, 11) is 5.75. The molecule has 34 heavy (non-hydrogen) atoms. The zero-order chi connectivity index (χ0) is 24.6. The fourth-order valence-electron chi connectivity index (χ4n) is 4.58. The van der Waals surface area contributed by atoms with E-state index in [2.05, 4.69) is 14.1 Å². The van der Waals surface area contributed by atoms with Crippen molar-refractivity contribution in [3.05, 3.63) is 68.6 Å². The van der Waals surface area contributed by atoms with Crippen molar-refractivity contribution in [3.63, 3.8) is 0 Å². The average molecular weight is 466 g/mol. The van der Waals surface area contributed by atoms with Gasteiger partial charge in [-0.15, -0.1) is 0 Å². The molecule has 180 valence electrons. The number of nitrogens with zero attached hydrogens (tertiary/aromatic N) is 1. The molecule has 1 aliphatic rings. The highest BCUT2D eigenvalue weighted by molar-refractivity contribution is 5.99. The van der Waals surface area contributed by atoms with E-state index in [1.54, 1.807) is 12.0 Å². The van der Waals surface area contributed by atoms with Crippen LogP contribution in [-0.2, 0) is 0 Å². The van der Waals surface area contributed by atoms with E-state index in [1.165, 1.54) is 4.90 Å². The zero-order valence-electron chi connectivity index (χ0n) is 20.8. The number of hydrogen-bond acceptors (Lipinski definition) is 5. The van der Waals surface area contributed by atoms with E-state index in [1.807, 2.05) is 51.1 Å². The smallest absolute Gasteiger partial charge is 0.290 e. The van der Waals surface area contributed by atoms with Crippen molar-refractivity contribution in [3.8, 4) is 11.5 Å². The minimum atomic E-state index is -0.550. The number of amides is 1. The van der Waals surface area contributed by atoms with Gasteiger partial charge in [-0.05, 0) is 61.7 Å². The molecule has 0 fully saturated rings. The van der Waals surface area contributed by atoms with Crippen molar-refractivity contribution >= 4 is 16.9 Å². The summed E-state index contributed by atoms with van der Waals surface area (Å²) in [5.41, 5.74) is 3.49. The number of quaternary nitrogens is 1. The largest absolute Gasteiger partial charge is 0.493 e. The number of rotatable bonds is 8. The van der Waals surface area contributed by atoms with E-state index in [0.717, 1.165) is 29.7 Å². The molecule has 0 spiro atoms. The molecule has 2 heterocycles. The number of carbonyl (C=O) groups excluding carboxylic acids is 1. The Kier molecular flexibility index (Phi) is 6.66. The molecule has 1 N–H and O–H groups in total. The van der Waals surface area contributed by atoms with Crippen molar-refractivity contribution in [2.75, 3.05) is 40.9 Å². The van der Waals surface area contributed by atoms with E-state index in [0.29, 0.717) is 41.2 Å². The van der Waals surface area contributed by atoms with Gasteiger partial charge in [-0.2, -0.15) is 0 Å². The molecule has 0 unspecified atom stereocenters. The lowest BCUT2D eigenvalue weighted by molar-refractivity contribution is -0.858. The van der Waals surface area contributed by atoms with Gasteiger partial charge in [0.05, 0.1) is 51.3 Å². The van der Waals surface area contributed by atoms with Crippen LogP contribution >= 0.6 is 0 Å². The predicted octanol–water partition coefficient (Wildman–Crippen LogP) is 2.90. The first-order valence-corrected chi connectivity index (χ1v) is 11.8. The van der Waals surface area contributed by atoms with E-state index < -0.39 is 6.04 Å². The number of methoxy groups -OCH3 is 1. The van der Waals surface area contributed by atoms with Crippen LogP contribution in [0.2, 0.25) is 0 Å². The molecule has 1 amide bonds. The molecule has 0 radical (unpaired) electrons. The minimum Gasteiger partial charge on any atom is -0.493 e. The summed E-state index contributed by atoms with van der Waals surface area (Å²) in [4.78, 5) is 30.4. The molecule has 0 saturated carbocycles. The van der Waals surface area contributed by atoms with Crippen LogP contribution in [0.3, 0.4) is 0 Å². The third-order valence-corrected chi connectivity index (χ3v) is 6.46. The molecule has 1 atom stereocenters. The molecular formula is C27H33N2O5+. The van der Waals surface area contributed by atoms with Crippen molar-refractivity contribution in [2.24, 2.45) is 0 Å². The Hall–Kier alpha value is -3.32. The molecule has 7 heteroatoms. The van der Waals surface area contributed by atoms with Gasteiger partial charge in [0.2, 0.25) is 5.76 Å². The van der Waals surface area contributed by atoms with Crippen molar-refractivity contribution in [1.82, 2.24) is 4.90 Å². The van der Waals surface area contributed by atoms with Crippen LogP contribution in [0.25, 0.3) is 11.0 Å². The van der Waals surface area contributed by atoms with E-state index in [4.69, 9.17) is 13.9 Å². The summed E-state index contributed by atoms with van der Waals surface area (Å²) in [6, 6.07) is 8.73. The fourth-order valence-corrected chi connectivity index (χ4v) is 4.58. The van der Waals surface area contributed by atoms with Gasteiger partial charge in [0.1, 0.15) is 5.58 Å². The van der Waals surface area contributed by atoms with Gasteiger partial charge in [-0.3, -0.25) is 9.59 Å². The second-order valence-electron chi connectivity index (χ2n) is 9.16. The summed E-state index contributed by atoms with van der Waals surface area (Å²) >= 11 is 0. The summed E-state index contributed by atoms with van der Waals surface area (Å²) in [6.07, 6.45) is 0.804. The average Bonchev–Trinajstić information content (AvgIpc) is 3.07. The van der Waals surface area contributed by atoms with Crippen LogP contribution < -0.4 is 19.8 Å². The maximum Gasteiger partial charge on any atom is 0.290 e. The number of ether oxygens (including phenoxy) is 2. The van der Waals surface area contributed by atoms with Gasteiger partial charge in [0, 0.05) is 13.0 Å². The second kappa shape index (κ2) is 9.50. The Morgan fingerprint density at radius 2 is 1.79 bits per heavy atom. The predicted molar refractivity (Wildman–Crippen MR) is 131 cm³/mol. The van der Waals surface area contributed by atoms with Gasteiger partial charge in [-0.1, -0.05) is 6.07 Å². The molecular weight excluding hydrogens is 432 g/mol. The van der Waals surface area contributed by atoms with Crippen LogP contribution in [0.15, 0.2) is 39.5 Å². The first-order valence-electron chi connectivity index (χ1n) is 11.8. The van der Waals surface area contributed by atoms with Crippen molar-refractivity contribution in [1.29, 1.82) is 0 Å². The van der Waals surface area contributed by atoms with Crippen LogP contribution in [0.1, 0.15) is 52.2 Å². The van der Waals surface area contributed by atoms with Crippen LogP contribution in [0, 0.1) is 13.8 Å². The lowest BCUT2D eigenvalue weighted by atomic mass is 9.97. The monoisotopic (exact) mass is 465 g/mol. The number of nitrogens with one attached hydrogen (secondary N) is 1.